The van der Waals surface area contributed by atoms with E-state index >= 15 is 0 Å². The molecule has 1 aliphatic rings. The van der Waals surface area contributed by atoms with Gasteiger partial charge in [-0.1, -0.05) is 0 Å². The van der Waals surface area contributed by atoms with Crippen LogP contribution in [0.3, 0.4) is 0 Å². The summed E-state index contributed by atoms with van der Waals surface area (Å²) in [5.74, 6) is 0. The summed E-state index contributed by atoms with van der Waals surface area (Å²) in [5.41, 5.74) is 0. The van der Waals surface area contributed by atoms with Crippen molar-refractivity contribution in [2.45, 2.75) is 0 Å². The van der Waals surface area contributed by atoms with Gasteiger partial charge < -0.3 is 10.2 Å². The van der Waals surface area contributed by atoms with E-state index in [0.29, 0.717) is 0 Å². The number of hydrogen-bond acceptors (Lipinski definition) is 2. The van der Waals surface area contributed by atoms with Crippen LogP contribution in [0.2, 0.25) is 0 Å². The Hall–Kier alpha value is -1.10. The summed E-state index contributed by atoms with van der Waals surface area (Å²) in [6.07, 6.45) is 3.65. The van der Waals surface area contributed by atoms with Crippen molar-refractivity contribution in [2.24, 2.45) is 0 Å². The molecule has 0 radical (unpaired) electrons. The average Bonchev–Trinajstić information content (AvgIpc) is 1.69. The maximum Gasteiger partial charge on any atom is 0.0350 e. The highest BCUT2D eigenvalue weighted by Gasteiger charge is 1.81. The van der Waals surface area contributed by atoms with Crippen LogP contribution in [0.4, 0.5) is 0 Å². The molecule has 0 saturated heterocycles. The molecule has 0 fully saturated rings. The van der Waals surface area contributed by atoms with Crippen LogP contribution in [0.1, 0.15) is 0 Å². The second kappa shape index (κ2) is 1.57. The largest absolute Gasteiger partial charge is 0.319 e. The van der Waals surface area contributed by atoms with E-state index in [9.17, 15) is 0 Å². The van der Waals surface area contributed by atoms with E-state index in [4.69, 9.17) is 0 Å². The molecule has 0 bridgehead atoms. The Morgan fingerprint density at radius 3 is 2.86 bits per heavy atom. The molecule has 0 unspecified atom stereocenters. The predicted molar refractivity (Wildman–Crippen MR) is 27.8 cm³/mol. The van der Waals surface area contributed by atoms with Crippen LogP contribution in [-0.2, 0) is 0 Å². The highest BCUT2D eigenvalue weighted by Crippen LogP contribution is 1.80. The van der Waals surface area contributed by atoms with Gasteiger partial charge in [-0.05, 0) is 0 Å². The molecule has 0 aromatic heterocycles. The van der Waals surface area contributed by atoms with Crippen LogP contribution < -0.4 is 5.32 Å². The van der Waals surface area contributed by atoms with Crippen LogP contribution in [0.15, 0.2) is 12.4 Å². The molecule has 2 nitrogen and oxygen atoms in total. The van der Waals surface area contributed by atoms with E-state index in [1.807, 2.05) is 13.2 Å². The highest BCUT2D eigenvalue weighted by atomic mass is 15.1. The third kappa shape index (κ3) is 0.866. The first-order valence-corrected chi connectivity index (χ1v) is 2.05. The zero-order chi connectivity index (χ0) is 5.11. The summed E-state index contributed by atoms with van der Waals surface area (Å²) in [7, 11) is 1.89. The molecule has 0 amide bonds. The molecule has 1 heterocycles. The van der Waals surface area contributed by atoms with E-state index in [1.165, 1.54) is 0 Å². The summed E-state index contributed by atoms with van der Waals surface area (Å²) in [6, 6.07) is 5.44. The lowest BCUT2D eigenvalue weighted by molar-refractivity contribution is 0.648. The van der Waals surface area contributed by atoms with Gasteiger partial charge in [0.2, 0.25) is 0 Å². The summed E-state index contributed by atoms with van der Waals surface area (Å²) in [4.78, 5) is 1.79. The van der Waals surface area contributed by atoms with Gasteiger partial charge in [-0.3, -0.25) is 0 Å². The maximum absolute atomic E-state index is 2.77. The molecule has 36 valence electrons. The van der Waals surface area contributed by atoms with Crippen molar-refractivity contribution in [3.63, 3.8) is 0 Å². The Kier molecular flexibility index (Phi) is 0.910. The van der Waals surface area contributed by atoms with E-state index in [-0.39, 0.29) is 0 Å². The Morgan fingerprint density at radius 2 is 2.57 bits per heavy atom. The molecular weight excluding hydrogens is 88.1 g/mol. The third-order valence-electron chi connectivity index (χ3n) is 0.686. The summed E-state index contributed by atoms with van der Waals surface area (Å²) in [6.45, 7) is 0. The van der Waals surface area contributed by atoms with Crippen molar-refractivity contribution < 1.29 is 0 Å². The molecule has 0 aromatic rings. The molecule has 1 rings (SSSR count). The summed E-state index contributed by atoms with van der Waals surface area (Å²) >= 11 is 0. The SMILES string of the molecule is CN1C#CNC=C1. The molecule has 0 saturated carbocycles. The lowest BCUT2D eigenvalue weighted by Gasteiger charge is -2.04. The molecule has 0 spiro atoms. The van der Waals surface area contributed by atoms with Gasteiger partial charge in [0, 0.05) is 31.5 Å². The fraction of sp³-hybridized carbons (Fsp3) is 0.200. The van der Waals surface area contributed by atoms with Crippen molar-refractivity contribution in [2.75, 3.05) is 7.05 Å². The third-order valence-corrected chi connectivity index (χ3v) is 0.686. The van der Waals surface area contributed by atoms with Crippen molar-refractivity contribution in [3.05, 3.63) is 12.4 Å². The molecule has 0 atom stereocenters. The first-order valence-electron chi connectivity index (χ1n) is 2.05. The van der Waals surface area contributed by atoms with Crippen molar-refractivity contribution in [1.29, 1.82) is 0 Å². The van der Waals surface area contributed by atoms with Crippen LogP contribution in [0.5, 0.6) is 0 Å². The smallest absolute Gasteiger partial charge is 0.0350 e. The molecule has 0 aliphatic carbocycles. The Bertz CT molecular complexity index is 138. The number of rotatable bonds is 0. The lowest BCUT2D eigenvalue weighted by atomic mass is 10.7. The number of nitrogens with one attached hydrogen (secondary N) is 1. The molecular formula is C5H6N2. The molecule has 7 heavy (non-hydrogen) atoms. The monoisotopic (exact) mass is 94.1 g/mol. The van der Waals surface area contributed by atoms with Gasteiger partial charge in [0.05, 0.1) is 0 Å². The second-order valence-electron chi connectivity index (χ2n) is 1.31. The van der Waals surface area contributed by atoms with Gasteiger partial charge in [-0.2, -0.15) is 0 Å². The first-order chi connectivity index (χ1) is 3.39. The van der Waals surface area contributed by atoms with Gasteiger partial charge in [0.25, 0.3) is 0 Å². The van der Waals surface area contributed by atoms with E-state index in [0.717, 1.165) is 0 Å². The molecule has 2 heteroatoms. The average molecular weight is 94.1 g/mol. The van der Waals surface area contributed by atoms with Gasteiger partial charge in [0.1, 0.15) is 0 Å². The Morgan fingerprint density at radius 1 is 1.71 bits per heavy atom. The summed E-state index contributed by atoms with van der Waals surface area (Å²) in [5, 5.41) is 2.73. The maximum atomic E-state index is 2.77. The van der Waals surface area contributed by atoms with Gasteiger partial charge >= 0.3 is 0 Å². The normalized spacial score (nSPS) is 14.7. The van der Waals surface area contributed by atoms with Crippen molar-refractivity contribution >= 4 is 0 Å². The predicted octanol–water partition coefficient (Wildman–Crippen LogP) is -0.0890. The summed E-state index contributed by atoms with van der Waals surface area (Å²) < 4.78 is 0. The van der Waals surface area contributed by atoms with Crippen LogP contribution in [0.25, 0.3) is 0 Å². The fourth-order valence-corrected chi connectivity index (χ4v) is 0.348. The van der Waals surface area contributed by atoms with Crippen molar-refractivity contribution in [3.8, 4) is 12.1 Å². The molecule has 0 aromatic carbocycles. The van der Waals surface area contributed by atoms with Gasteiger partial charge in [-0.25, -0.2) is 0 Å². The Balaban J connectivity index is 2.59. The number of nitrogens with zero attached hydrogens (tertiary/aromatic N) is 1. The standard InChI is InChI=1S/C5H6N2/c1-7-4-2-6-3-5-7/h2,4,6H,1H3. The molecule has 1 N–H and O–H groups in total. The quantitative estimate of drug-likeness (QED) is 0.422. The Labute approximate surface area is 42.8 Å². The minimum Gasteiger partial charge on any atom is -0.319 e. The van der Waals surface area contributed by atoms with E-state index < -0.39 is 0 Å². The minimum absolute atomic E-state index is 1.79. The van der Waals surface area contributed by atoms with Crippen molar-refractivity contribution in [1.82, 2.24) is 10.2 Å². The minimum atomic E-state index is 1.79. The lowest BCUT2D eigenvalue weighted by Crippen LogP contribution is -2.09. The topological polar surface area (TPSA) is 15.3 Å². The van der Waals surface area contributed by atoms with Gasteiger partial charge in [-0.15, -0.1) is 0 Å². The van der Waals surface area contributed by atoms with Crippen LogP contribution in [0, 0.1) is 12.1 Å². The number of hydrogen-bond donors (Lipinski definition) is 1. The second-order valence-corrected chi connectivity index (χ2v) is 1.31. The van der Waals surface area contributed by atoms with Gasteiger partial charge in [0.15, 0.2) is 0 Å². The zero-order valence-corrected chi connectivity index (χ0v) is 4.10. The zero-order valence-electron chi connectivity index (χ0n) is 4.10. The molecule has 1 aliphatic heterocycles. The van der Waals surface area contributed by atoms with Crippen LogP contribution >= 0.6 is 0 Å². The fourth-order valence-electron chi connectivity index (χ4n) is 0.348. The van der Waals surface area contributed by atoms with E-state index in [2.05, 4.69) is 17.4 Å². The highest BCUT2D eigenvalue weighted by molar-refractivity contribution is 5.07. The van der Waals surface area contributed by atoms with E-state index in [1.54, 1.807) is 11.1 Å². The van der Waals surface area contributed by atoms with Crippen LogP contribution in [-0.4, -0.2) is 11.9 Å². The first kappa shape index (κ1) is 4.07.